The number of hydrogen-bond acceptors (Lipinski definition) is 4. The van der Waals surface area contributed by atoms with Crippen molar-refractivity contribution in [3.05, 3.63) is 52.5 Å². The second kappa shape index (κ2) is 7.89. The zero-order chi connectivity index (χ0) is 17.8. The van der Waals surface area contributed by atoms with Gasteiger partial charge in [-0.2, -0.15) is 0 Å². The number of amides is 1. The van der Waals surface area contributed by atoms with Crippen molar-refractivity contribution in [3.63, 3.8) is 0 Å². The molecule has 0 spiro atoms. The summed E-state index contributed by atoms with van der Waals surface area (Å²) in [6, 6.07) is 13.1. The van der Waals surface area contributed by atoms with Gasteiger partial charge in [-0.1, -0.05) is 28.9 Å². The van der Waals surface area contributed by atoms with E-state index in [0.717, 1.165) is 48.6 Å². The van der Waals surface area contributed by atoms with E-state index < -0.39 is 0 Å². The molecule has 1 heterocycles. The molecule has 1 fully saturated rings. The van der Waals surface area contributed by atoms with Gasteiger partial charge in [-0.05, 0) is 42.9 Å². The summed E-state index contributed by atoms with van der Waals surface area (Å²) in [6.07, 6.45) is 0. The van der Waals surface area contributed by atoms with Crippen LogP contribution >= 0.6 is 15.9 Å². The summed E-state index contributed by atoms with van der Waals surface area (Å²) >= 11 is 3.40. The Balaban J connectivity index is 1.81. The van der Waals surface area contributed by atoms with E-state index in [4.69, 9.17) is 5.73 Å². The minimum Gasteiger partial charge on any atom is -0.399 e. The minimum absolute atomic E-state index is 0.139. The molecule has 5 nitrogen and oxygen atoms in total. The van der Waals surface area contributed by atoms with Crippen LogP contribution in [0.2, 0.25) is 0 Å². The minimum atomic E-state index is -0.139. The summed E-state index contributed by atoms with van der Waals surface area (Å²) in [4.78, 5) is 17.3. The van der Waals surface area contributed by atoms with Gasteiger partial charge in [0, 0.05) is 41.9 Å². The summed E-state index contributed by atoms with van der Waals surface area (Å²) in [5, 5.41) is 3.02. The molecule has 2 aromatic rings. The molecule has 0 saturated carbocycles. The van der Waals surface area contributed by atoms with Crippen molar-refractivity contribution in [1.29, 1.82) is 0 Å². The maximum Gasteiger partial charge on any atom is 0.255 e. The first kappa shape index (κ1) is 17.8. The molecule has 0 aliphatic carbocycles. The molecule has 2 aromatic carbocycles. The average Bonchev–Trinajstić information content (AvgIpc) is 2.62. The van der Waals surface area contributed by atoms with Crippen molar-refractivity contribution < 1.29 is 4.79 Å². The van der Waals surface area contributed by atoms with Crippen molar-refractivity contribution >= 4 is 38.9 Å². The van der Waals surface area contributed by atoms with Crippen LogP contribution in [-0.2, 0) is 0 Å². The lowest BCUT2D eigenvalue weighted by atomic mass is 10.1. The number of nitrogen functional groups attached to an aromatic ring is 1. The molecular formula is C19H23BrN4O. The topological polar surface area (TPSA) is 61.6 Å². The number of piperazine rings is 1. The predicted octanol–water partition coefficient (Wildman–Crippen LogP) is 3.43. The zero-order valence-electron chi connectivity index (χ0n) is 14.3. The van der Waals surface area contributed by atoms with Gasteiger partial charge in [-0.15, -0.1) is 0 Å². The second-order valence-electron chi connectivity index (χ2n) is 6.16. The van der Waals surface area contributed by atoms with Crippen LogP contribution in [0.4, 0.5) is 17.1 Å². The Morgan fingerprint density at radius 2 is 1.92 bits per heavy atom. The standard InChI is InChI=1S/C19H23BrN4O/c1-2-23-8-10-24(11-9-23)18-7-6-16(21)13-17(18)22-19(25)14-4-3-5-15(20)12-14/h3-7,12-13H,2,8-11,21H2,1H3,(H,22,25). The van der Waals surface area contributed by atoms with Gasteiger partial charge in [-0.25, -0.2) is 0 Å². The fourth-order valence-electron chi connectivity index (χ4n) is 3.06. The molecule has 1 saturated heterocycles. The van der Waals surface area contributed by atoms with Gasteiger partial charge in [0.05, 0.1) is 11.4 Å². The quantitative estimate of drug-likeness (QED) is 0.768. The molecule has 1 aliphatic heterocycles. The van der Waals surface area contributed by atoms with E-state index >= 15 is 0 Å². The van der Waals surface area contributed by atoms with Crippen LogP contribution in [-0.4, -0.2) is 43.5 Å². The van der Waals surface area contributed by atoms with Crippen LogP contribution < -0.4 is 16.0 Å². The Morgan fingerprint density at radius 3 is 2.60 bits per heavy atom. The van der Waals surface area contributed by atoms with Crippen molar-refractivity contribution in [2.75, 3.05) is 48.7 Å². The molecule has 0 bridgehead atoms. The number of nitrogens with zero attached hydrogens (tertiary/aromatic N) is 2. The Bertz CT molecular complexity index is 757. The van der Waals surface area contributed by atoms with Crippen LogP contribution in [0.1, 0.15) is 17.3 Å². The fraction of sp³-hybridized carbons (Fsp3) is 0.316. The molecule has 0 radical (unpaired) electrons. The maximum atomic E-state index is 12.6. The van der Waals surface area contributed by atoms with E-state index in [-0.39, 0.29) is 5.91 Å². The number of halogens is 1. The van der Waals surface area contributed by atoms with Gasteiger partial charge in [0.2, 0.25) is 0 Å². The van der Waals surface area contributed by atoms with Crippen LogP contribution in [0, 0.1) is 0 Å². The van der Waals surface area contributed by atoms with Crippen LogP contribution in [0.3, 0.4) is 0 Å². The molecule has 0 unspecified atom stereocenters. The third kappa shape index (κ3) is 4.32. The van der Waals surface area contributed by atoms with Gasteiger partial charge in [0.15, 0.2) is 0 Å². The fourth-order valence-corrected chi connectivity index (χ4v) is 3.46. The van der Waals surface area contributed by atoms with E-state index in [9.17, 15) is 4.79 Å². The van der Waals surface area contributed by atoms with Crippen molar-refractivity contribution in [2.45, 2.75) is 6.92 Å². The molecule has 0 atom stereocenters. The molecule has 3 N–H and O–H groups in total. The summed E-state index contributed by atoms with van der Waals surface area (Å²) in [5.74, 6) is -0.139. The number of nitrogens with one attached hydrogen (secondary N) is 1. The third-order valence-corrected chi connectivity index (χ3v) is 5.01. The molecule has 3 rings (SSSR count). The van der Waals surface area contributed by atoms with Crippen LogP contribution in [0.5, 0.6) is 0 Å². The van der Waals surface area contributed by atoms with Crippen molar-refractivity contribution in [2.24, 2.45) is 0 Å². The normalized spacial score (nSPS) is 15.2. The number of benzene rings is 2. The number of nitrogens with two attached hydrogens (primary N) is 1. The Labute approximate surface area is 156 Å². The lowest BCUT2D eigenvalue weighted by Crippen LogP contribution is -2.46. The highest BCUT2D eigenvalue weighted by Crippen LogP contribution is 2.29. The Morgan fingerprint density at radius 1 is 1.16 bits per heavy atom. The lowest BCUT2D eigenvalue weighted by Gasteiger charge is -2.36. The molecule has 1 amide bonds. The van der Waals surface area contributed by atoms with Crippen molar-refractivity contribution in [3.8, 4) is 0 Å². The van der Waals surface area contributed by atoms with Gasteiger partial charge in [0.25, 0.3) is 5.91 Å². The number of hydrogen-bond donors (Lipinski definition) is 2. The van der Waals surface area contributed by atoms with E-state index in [1.807, 2.05) is 30.3 Å². The highest BCUT2D eigenvalue weighted by atomic mass is 79.9. The van der Waals surface area contributed by atoms with Gasteiger partial charge < -0.3 is 20.9 Å². The van der Waals surface area contributed by atoms with E-state index in [0.29, 0.717) is 11.3 Å². The first-order valence-corrected chi connectivity index (χ1v) is 9.30. The van der Waals surface area contributed by atoms with Crippen LogP contribution in [0.25, 0.3) is 0 Å². The van der Waals surface area contributed by atoms with E-state index in [2.05, 4.69) is 38.0 Å². The summed E-state index contributed by atoms with van der Waals surface area (Å²) in [7, 11) is 0. The Kier molecular flexibility index (Phi) is 5.60. The SMILES string of the molecule is CCN1CCN(c2ccc(N)cc2NC(=O)c2cccc(Br)c2)CC1. The smallest absolute Gasteiger partial charge is 0.255 e. The summed E-state index contributed by atoms with van der Waals surface area (Å²) in [5.41, 5.74) is 8.98. The maximum absolute atomic E-state index is 12.6. The number of anilines is 3. The number of rotatable bonds is 4. The zero-order valence-corrected chi connectivity index (χ0v) is 15.9. The highest BCUT2D eigenvalue weighted by Gasteiger charge is 2.19. The molecule has 1 aliphatic rings. The van der Waals surface area contributed by atoms with Gasteiger partial charge in [-0.3, -0.25) is 4.79 Å². The number of carbonyl (C=O) groups excluding carboxylic acids is 1. The Hall–Kier alpha value is -2.05. The highest BCUT2D eigenvalue weighted by molar-refractivity contribution is 9.10. The van der Waals surface area contributed by atoms with E-state index in [1.54, 1.807) is 12.1 Å². The summed E-state index contributed by atoms with van der Waals surface area (Å²) in [6.45, 7) is 7.19. The average molecular weight is 403 g/mol. The molecule has 132 valence electrons. The molecule has 6 heteroatoms. The van der Waals surface area contributed by atoms with Crippen molar-refractivity contribution in [1.82, 2.24) is 4.90 Å². The third-order valence-electron chi connectivity index (χ3n) is 4.52. The molecule has 25 heavy (non-hydrogen) atoms. The first-order valence-electron chi connectivity index (χ1n) is 8.50. The van der Waals surface area contributed by atoms with Gasteiger partial charge >= 0.3 is 0 Å². The molecule has 0 aromatic heterocycles. The number of carbonyl (C=O) groups is 1. The second-order valence-corrected chi connectivity index (χ2v) is 7.08. The predicted molar refractivity (Wildman–Crippen MR) is 107 cm³/mol. The summed E-state index contributed by atoms with van der Waals surface area (Å²) < 4.78 is 0.878. The lowest BCUT2D eigenvalue weighted by molar-refractivity contribution is 0.102. The van der Waals surface area contributed by atoms with Crippen LogP contribution in [0.15, 0.2) is 46.9 Å². The first-order chi connectivity index (χ1) is 12.1. The van der Waals surface area contributed by atoms with Gasteiger partial charge in [0.1, 0.15) is 0 Å². The van der Waals surface area contributed by atoms with E-state index in [1.165, 1.54) is 0 Å². The monoisotopic (exact) mass is 402 g/mol. The molecular weight excluding hydrogens is 380 g/mol. The number of likely N-dealkylation sites (N-methyl/N-ethyl adjacent to an activating group) is 1. The largest absolute Gasteiger partial charge is 0.399 e.